The van der Waals surface area contributed by atoms with Gasteiger partial charge in [0.05, 0.1) is 6.04 Å². The van der Waals surface area contributed by atoms with Crippen LogP contribution in [0, 0.1) is 0 Å². The van der Waals surface area contributed by atoms with Crippen LogP contribution in [0.3, 0.4) is 0 Å². The summed E-state index contributed by atoms with van der Waals surface area (Å²) in [6, 6.07) is 2.58. The largest absolute Gasteiger partial charge is 0.336 e. The third kappa shape index (κ3) is 2.60. The van der Waals surface area contributed by atoms with Crippen molar-refractivity contribution >= 4 is 29.2 Å². The zero-order valence-electron chi connectivity index (χ0n) is 14.2. The third-order valence-electron chi connectivity index (χ3n) is 5.28. The van der Waals surface area contributed by atoms with Crippen LogP contribution in [0.15, 0.2) is 17.5 Å². The number of hydrogen-bond donors (Lipinski definition) is 1. The first-order valence-corrected chi connectivity index (χ1v) is 9.21. The summed E-state index contributed by atoms with van der Waals surface area (Å²) in [6.45, 7) is 3.58. The van der Waals surface area contributed by atoms with Crippen LogP contribution in [-0.4, -0.2) is 46.3 Å². The Morgan fingerprint density at radius 1 is 1.33 bits per heavy atom. The lowest BCUT2D eigenvalue weighted by molar-refractivity contribution is -0.143. The van der Waals surface area contributed by atoms with Gasteiger partial charge < -0.3 is 10.2 Å². The molecule has 24 heavy (non-hydrogen) atoms. The quantitative estimate of drug-likeness (QED) is 0.849. The SMILES string of the molecule is CC(c1cccs1)N(C)C(=O)C(C)N1C(=O)NC2(CCCC2)C1=O. The van der Waals surface area contributed by atoms with Gasteiger partial charge in [0, 0.05) is 11.9 Å². The second kappa shape index (κ2) is 6.20. The molecular weight excluding hydrogens is 326 g/mol. The highest BCUT2D eigenvalue weighted by atomic mass is 32.1. The van der Waals surface area contributed by atoms with Gasteiger partial charge in [0.25, 0.3) is 5.91 Å². The van der Waals surface area contributed by atoms with Crippen LogP contribution in [-0.2, 0) is 9.59 Å². The lowest BCUT2D eigenvalue weighted by Gasteiger charge is -2.30. The molecule has 2 fully saturated rings. The minimum atomic E-state index is -0.801. The van der Waals surface area contributed by atoms with Crippen LogP contribution in [0.4, 0.5) is 4.79 Å². The van der Waals surface area contributed by atoms with Gasteiger partial charge in [-0.25, -0.2) is 9.69 Å². The summed E-state index contributed by atoms with van der Waals surface area (Å²) in [7, 11) is 1.72. The summed E-state index contributed by atoms with van der Waals surface area (Å²) >= 11 is 1.58. The molecule has 4 amide bonds. The highest BCUT2D eigenvalue weighted by Gasteiger charge is 2.54. The maximum Gasteiger partial charge on any atom is 0.325 e. The van der Waals surface area contributed by atoms with Gasteiger partial charge >= 0.3 is 6.03 Å². The van der Waals surface area contributed by atoms with Crippen LogP contribution in [0.25, 0.3) is 0 Å². The van der Waals surface area contributed by atoms with Crippen molar-refractivity contribution in [3.63, 3.8) is 0 Å². The van der Waals surface area contributed by atoms with Gasteiger partial charge in [0.2, 0.25) is 5.91 Å². The van der Waals surface area contributed by atoms with Gasteiger partial charge in [-0.15, -0.1) is 11.3 Å². The van der Waals surface area contributed by atoms with Gasteiger partial charge in [-0.1, -0.05) is 18.9 Å². The van der Waals surface area contributed by atoms with E-state index < -0.39 is 17.6 Å². The molecule has 1 aromatic rings. The lowest BCUT2D eigenvalue weighted by Crippen LogP contribution is -2.50. The Kier molecular flexibility index (Phi) is 4.38. The van der Waals surface area contributed by atoms with E-state index in [2.05, 4.69) is 5.32 Å². The number of likely N-dealkylation sites (N-methyl/N-ethyl adjacent to an activating group) is 1. The Bertz CT molecular complexity index is 652. The molecule has 1 saturated heterocycles. The Balaban J connectivity index is 1.75. The summed E-state index contributed by atoms with van der Waals surface area (Å²) in [5, 5.41) is 4.80. The fourth-order valence-electron chi connectivity index (χ4n) is 3.63. The number of hydrogen-bond acceptors (Lipinski definition) is 4. The van der Waals surface area contributed by atoms with Gasteiger partial charge in [-0.3, -0.25) is 9.59 Å². The molecule has 7 heteroatoms. The van der Waals surface area contributed by atoms with Crippen molar-refractivity contribution in [1.82, 2.24) is 15.1 Å². The molecule has 1 aliphatic carbocycles. The zero-order valence-corrected chi connectivity index (χ0v) is 15.1. The molecule has 0 radical (unpaired) electrons. The van der Waals surface area contributed by atoms with Crippen molar-refractivity contribution in [1.29, 1.82) is 0 Å². The Hall–Kier alpha value is -1.89. The first-order chi connectivity index (χ1) is 11.4. The highest BCUT2D eigenvalue weighted by molar-refractivity contribution is 7.10. The Morgan fingerprint density at radius 2 is 2.00 bits per heavy atom. The number of rotatable bonds is 4. The molecule has 0 aromatic carbocycles. The fourth-order valence-corrected chi connectivity index (χ4v) is 4.45. The first-order valence-electron chi connectivity index (χ1n) is 8.33. The van der Waals surface area contributed by atoms with E-state index in [0.29, 0.717) is 12.8 Å². The number of nitrogens with one attached hydrogen (secondary N) is 1. The van der Waals surface area contributed by atoms with Gasteiger partial charge in [0.1, 0.15) is 11.6 Å². The normalized spacial score (nSPS) is 21.9. The summed E-state index contributed by atoms with van der Waals surface area (Å²) in [5.41, 5.74) is -0.774. The molecule has 0 bridgehead atoms. The number of carbonyl (C=O) groups excluding carboxylic acids is 3. The number of carbonyl (C=O) groups is 3. The summed E-state index contributed by atoms with van der Waals surface area (Å²) < 4.78 is 0. The van der Waals surface area contributed by atoms with E-state index in [0.717, 1.165) is 22.6 Å². The molecule has 1 aliphatic heterocycles. The van der Waals surface area contributed by atoms with Crippen molar-refractivity contribution < 1.29 is 14.4 Å². The summed E-state index contributed by atoms with van der Waals surface area (Å²) in [4.78, 5) is 41.7. The average molecular weight is 349 g/mol. The molecule has 6 nitrogen and oxygen atoms in total. The van der Waals surface area contributed by atoms with E-state index in [1.165, 1.54) is 0 Å². The van der Waals surface area contributed by atoms with Crippen molar-refractivity contribution in [3.8, 4) is 0 Å². The highest BCUT2D eigenvalue weighted by Crippen LogP contribution is 2.36. The predicted octanol–water partition coefficient (Wildman–Crippen LogP) is 2.52. The molecule has 2 heterocycles. The monoisotopic (exact) mass is 349 g/mol. The summed E-state index contributed by atoms with van der Waals surface area (Å²) in [6.07, 6.45) is 3.18. The van der Waals surface area contributed by atoms with Gasteiger partial charge in [-0.05, 0) is 38.1 Å². The molecule has 1 saturated carbocycles. The van der Waals surface area contributed by atoms with E-state index in [9.17, 15) is 14.4 Å². The standard InChI is InChI=1S/C17H23N3O3S/c1-11(13-7-6-10-24-13)19(3)14(21)12(2)20-15(22)17(18-16(20)23)8-4-5-9-17/h6-7,10-12H,4-5,8-9H2,1-3H3,(H,18,23). The maximum absolute atomic E-state index is 12.8. The Labute approximate surface area is 145 Å². The van der Waals surface area contributed by atoms with Gasteiger partial charge in [-0.2, -0.15) is 0 Å². The van der Waals surface area contributed by atoms with Crippen LogP contribution in [0.2, 0.25) is 0 Å². The molecule has 2 atom stereocenters. The fraction of sp³-hybridized carbons (Fsp3) is 0.588. The van der Waals surface area contributed by atoms with Crippen LogP contribution >= 0.6 is 11.3 Å². The van der Waals surface area contributed by atoms with Crippen LogP contribution in [0.5, 0.6) is 0 Å². The second-order valence-corrected chi connectivity index (χ2v) is 7.69. The van der Waals surface area contributed by atoms with Crippen molar-refractivity contribution in [2.24, 2.45) is 0 Å². The molecular formula is C17H23N3O3S. The van der Waals surface area contributed by atoms with Crippen molar-refractivity contribution in [2.75, 3.05) is 7.05 Å². The maximum atomic E-state index is 12.8. The molecule has 1 aromatic heterocycles. The smallest absolute Gasteiger partial charge is 0.325 e. The van der Waals surface area contributed by atoms with Crippen LogP contribution in [0.1, 0.15) is 50.4 Å². The topological polar surface area (TPSA) is 69.7 Å². The van der Waals surface area contributed by atoms with Crippen LogP contribution < -0.4 is 5.32 Å². The molecule has 3 rings (SSSR count). The van der Waals surface area contributed by atoms with E-state index in [1.54, 1.807) is 30.2 Å². The third-order valence-corrected chi connectivity index (χ3v) is 6.32. The average Bonchev–Trinajstić information content (AvgIpc) is 3.28. The molecule has 2 aliphatic rings. The minimum absolute atomic E-state index is 0.0962. The minimum Gasteiger partial charge on any atom is -0.336 e. The number of amides is 4. The lowest BCUT2D eigenvalue weighted by atomic mass is 9.97. The van der Waals surface area contributed by atoms with Crippen molar-refractivity contribution in [3.05, 3.63) is 22.4 Å². The van der Waals surface area contributed by atoms with E-state index in [4.69, 9.17) is 0 Å². The number of thiophene rings is 1. The van der Waals surface area contributed by atoms with E-state index in [1.807, 2.05) is 24.4 Å². The Morgan fingerprint density at radius 3 is 2.58 bits per heavy atom. The predicted molar refractivity (Wildman–Crippen MR) is 91.5 cm³/mol. The number of nitrogens with zero attached hydrogens (tertiary/aromatic N) is 2. The molecule has 130 valence electrons. The number of imide groups is 1. The summed E-state index contributed by atoms with van der Waals surface area (Å²) in [5.74, 6) is -0.475. The number of urea groups is 1. The van der Waals surface area contributed by atoms with E-state index in [-0.39, 0.29) is 17.9 Å². The zero-order chi connectivity index (χ0) is 17.5. The van der Waals surface area contributed by atoms with E-state index >= 15 is 0 Å². The molecule has 1 spiro atoms. The van der Waals surface area contributed by atoms with Gasteiger partial charge in [0.15, 0.2) is 0 Å². The second-order valence-electron chi connectivity index (χ2n) is 6.71. The first kappa shape index (κ1) is 17.0. The van der Waals surface area contributed by atoms with Crippen molar-refractivity contribution in [2.45, 2.75) is 57.2 Å². The molecule has 2 unspecified atom stereocenters. The molecule has 1 N–H and O–H groups in total.